The van der Waals surface area contributed by atoms with Crippen LogP contribution >= 0.6 is 0 Å². The summed E-state index contributed by atoms with van der Waals surface area (Å²) < 4.78 is 4.62. The maximum atomic E-state index is 12.2. The Morgan fingerprint density at radius 2 is 2.00 bits per heavy atom. The van der Waals surface area contributed by atoms with Crippen LogP contribution in [0, 0.1) is 0 Å². The molecule has 1 aromatic heterocycles. The zero-order valence-corrected chi connectivity index (χ0v) is 11.9. The summed E-state index contributed by atoms with van der Waals surface area (Å²) in [6.45, 7) is 3.71. The Hall–Kier alpha value is -3.09. The summed E-state index contributed by atoms with van der Waals surface area (Å²) in [5.74, 6) is -0.0778. The summed E-state index contributed by atoms with van der Waals surface area (Å²) in [4.78, 5) is 25.4. The Kier molecular flexibility index (Phi) is 5.31. The number of benzene rings is 1. The molecule has 0 spiro atoms. The van der Waals surface area contributed by atoms with Crippen LogP contribution in [0.5, 0.6) is 0 Å². The van der Waals surface area contributed by atoms with Gasteiger partial charge in [0.15, 0.2) is 5.82 Å². The van der Waals surface area contributed by atoms with E-state index >= 15 is 0 Å². The van der Waals surface area contributed by atoms with E-state index in [-0.39, 0.29) is 25.0 Å². The zero-order valence-electron chi connectivity index (χ0n) is 11.9. The highest BCUT2D eigenvalue weighted by Gasteiger charge is 2.16. The van der Waals surface area contributed by atoms with Gasteiger partial charge in [-0.2, -0.15) is 0 Å². The number of carbonyl (C=O) groups is 2. The second-order valence-corrected chi connectivity index (χ2v) is 4.40. The molecule has 0 aliphatic carbocycles. The molecule has 0 fully saturated rings. The lowest BCUT2D eigenvalue weighted by Crippen LogP contribution is -2.40. The van der Waals surface area contributed by atoms with Crippen molar-refractivity contribution in [2.45, 2.75) is 0 Å². The molecule has 2 rings (SSSR count). The van der Waals surface area contributed by atoms with Gasteiger partial charge in [0, 0.05) is 18.3 Å². The van der Waals surface area contributed by atoms with E-state index in [1.807, 2.05) is 18.2 Å². The highest BCUT2D eigenvalue weighted by atomic mass is 16.5. The molecule has 0 radical (unpaired) electrons. The second-order valence-electron chi connectivity index (χ2n) is 4.40. The second kappa shape index (κ2) is 7.63. The van der Waals surface area contributed by atoms with E-state index in [4.69, 9.17) is 0 Å². The number of para-hydroxylation sites is 1. The Bertz CT molecular complexity index is 626. The summed E-state index contributed by atoms with van der Waals surface area (Å²) in [6, 6.07) is 10.1. The minimum Gasteiger partial charge on any atom is -0.363 e. The third-order valence-electron chi connectivity index (χ3n) is 2.70. The normalized spacial score (nSPS) is 9.82. The molecular weight excluding hydrogens is 284 g/mol. The first-order chi connectivity index (χ1) is 10.7. The average Bonchev–Trinajstić information content (AvgIpc) is 3.00. The van der Waals surface area contributed by atoms with Crippen molar-refractivity contribution < 1.29 is 14.1 Å². The largest absolute Gasteiger partial charge is 0.363 e. The van der Waals surface area contributed by atoms with Crippen molar-refractivity contribution in [3.63, 3.8) is 0 Å². The molecule has 0 saturated heterocycles. The molecule has 0 aliphatic heterocycles. The van der Waals surface area contributed by atoms with E-state index in [1.54, 1.807) is 18.2 Å². The Morgan fingerprint density at radius 3 is 2.64 bits per heavy atom. The predicted molar refractivity (Wildman–Crippen MR) is 82.4 cm³/mol. The van der Waals surface area contributed by atoms with Gasteiger partial charge in [-0.1, -0.05) is 29.4 Å². The SMILES string of the molecule is C=CCN(CC(=O)Nc1ccon1)C(=O)Nc1ccccc1. The van der Waals surface area contributed by atoms with Crippen LogP contribution in [-0.2, 0) is 4.79 Å². The molecule has 7 nitrogen and oxygen atoms in total. The number of anilines is 2. The van der Waals surface area contributed by atoms with Crippen molar-refractivity contribution in [2.24, 2.45) is 0 Å². The molecule has 0 atom stereocenters. The fourth-order valence-corrected chi connectivity index (χ4v) is 1.73. The number of urea groups is 1. The number of hydrogen-bond acceptors (Lipinski definition) is 4. The third kappa shape index (κ3) is 4.48. The molecular formula is C15H16N4O3. The maximum absolute atomic E-state index is 12.2. The van der Waals surface area contributed by atoms with Gasteiger partial charge < -0.3 is 20.1 Å². The molecule has 1 aromatic carbocycles. The molecule has 114 valence electrons. The van der Waals surface area contributed by atoms with Crippen LogP contribution in [0.4, 0.5) is 16.3 Å². The first kappa shape index (κ1) is 15.3. The average molecular weight is 300 g/mol. The van der Waals surface area contributed by atoms with Crippen molar-refractivity contribution in [3.8, 4) is 0 Å². The van der Waals surface area contributed by atoms with E-state index < -0.39 is 0 Å². The highest BCUT2D eigenvalue weighted by Crippen LogP contribution is 2.07. The van der Waals surface area contributed by atoms with Gasteiger partial charge in [-0.15, -0.1) is 6.58 Å². The fourth-order valence-electron chi connectivity index (χ4n) is 1.73. The van der Waals surface area contributed by atoms with Crippen molar-refractivity contribution in [1.29, 1.82) is 0 Å². The van der Waals surface area contributed by atoms with Crippen molar-refractivity contribution in [2.75, 3.05) is 23.7 Å². The lowest BCUT2D eigenvalue weighted by atomic mass is 10.3. The molecule has 0 bridgehead atoms. The van der Waals surface area contributed by atoms with Gasteiger partial charge in [-0.25, -0.2) is 4.79 Å². The van der Waals surface area contributed by atoms with E-state index in [2.05, 4.69) is 26.9 Å². The Morgan fingerprint density at radius 1 is 1.23 bits per heavy atom. The molecule has 22 heavy (non-hydrogen) atoms. The minimum atomic E-state index is -0.388. The molecule has 7 heteroatoms. The van der Waals surface area contributed by atoms with E-state index in [0.717, 1.165) is 0 Å². The number of amides is 3. The number of carbonyl (C=O) groups excluding carboxylic acids is 2. The van der Waals surface area contributed by atoms with Gasteiger partial charge in [0.2, 0.25) is 5.91 Å². The first-order valence-corrected chi connectivity index (χ1v) is 6.61. The van der Waals surface area contributed by atoms with Crippen molar-refractivity contribution in [1.82, 2.24) is 10.1 Å². The number of nitrogens with one attached hydrogen (secondary N) is 2. The summed E-state index contributed by atoms with van der Waals surface area (Å²) in [5.41, 5.74) is 0.651. The van der Waals surface area contributed by atoms with Gasteiger partial charge >= 0.3 is 6.03 Å². The predicted octanol–water partition coefficient (Wildman–Crippen LogP) is 2.33. The molecule has 2 N–H and O–H groups in total. The third-order valence-corrected chi connectivity index (χ3v) is 2.70. The topological polar surface area (TPSA) is 87.5 Å². The molecule has 2 aromatic rings. The number of aromatic nitrogens is 1. The van der Waals surface area contributed by atoms with Crippen LogP contribution in [0.2, 0.25) is 0 Å². The molecule has 0 aliphatic rings. The van der Waals surface area contributed by atoms with Gasteiger partial charge in [-0.3, -0.25) is 4.79 Å². The van der Waals surface area contributed by atoms with Crippen LogP contribution in [0.25, 0.3) is 0 Å². The fraction of sp³-hybridized carbons (Fsp3) is 0.133. The molecule has 0 unspecified atom stereocenters. The quantitative estimate of drug-likeness (QED) is 0.801. The maximum Gasteiger partial charge on any atom is 0.322 e. The summed E-state index contributed by atoms with van der Waals surface area (Å²) in [7, 11) is 0. The van der Waals surface area contributed by atoms with Crippen LogP contribution in [0.15, 0.2) is 59.8 Å². The van der Waals surface area contributed by atoms with Crippen LogP contribution in [-0.4, -0.2) is 35.1 Å². The smallest absolute Gasteiger partial charge is 0.322 e. The van der Waals surface area contributed by atoms with Crippen LogP contribution in [0.3, 0.4) is 0 Å². The van der Waals surface area contributed by atoms with Gasteiger partial charge in [0.1, 0.15) is 12.8 Å². The van der Waals surface area contributed by atoms with E-state index in [9.17, 15) is 9.59 Å². The minimum absolute atomic E-state index is 0.127. The van der Waals surface area contributed by atoms with Crippen LogP contribution < -0.4 is 10.6 Å². The zero-order chi connectivity index (χ0) is 15.8. The van der Waals surface area contributed by atoms with Gasteiger partial charge in [-0.05, 0) is 12.1 Å². The molecule has 1 heterocycles. The van der Waals surface area contributed by atoms with Gasteiger partial charge in [0.25, 0.3) is 0 Å². The van der Waals surface area contributed by atoms with E-state index in [0.29, 0.717) is 11.5 Å². The number of rotatable bonds is 6. The Balaban J connectivity index is 1.94. The number of nitrogens with zero attached hydrogens (tertiary/aromatic N) is 2. The standard InChI is InChI=1S/C15H16N4O3/c1-2-9-19(11-14(20)17-13-8-10-22-18-13)15(21)16-12-6-4-3-5-7-12/h2-8,10H,1,9,11H2,(H,16,21)(H,17,18,20). The summed E-state index contributed by atoms with van der Waals surface area (Å²) in [5, 5.41) is 8.82. The van der Waals surface area contributed by atoms with E-state index in [1.165, 1.54) is 17.2 Å². The van der Waals surface area contributed by atoms with Crippen molar-refractivity contribution >= 4 is 23.4 Å². The molecule has 3 amide bonds. The summed E-state index contributed by atoms with van der Waals surface area (Å²) in [6.07, 6.45) is 2.90. The lowest BCUT2D eigenvalue weighted by Gasteiger charge is -2.20. The van der Waals surface area contributed by atoms with Gasteiger partial charge in [0.05, 0.1) is 0 Å². The first-order valence-electron chi connectivity index (χ1n) is 6.61. The molecule has 0 saturated carbocycles. The van der Waals surface area contributed by atoms with Crippen molar-refractivity contribution in [3.05, 3.63) is 55.3 Å². The number of hydrogen-bond donors (Lipinski definition) is 2. The Labute approximate surface area is 127 Å². The van der Waals surface area contributed by atoms with Crippen LogP contribution in [0.1, 0.15) is 0 Å². The monoisotopic (exact) mass is 300 g/mol. The lowest BCUT2D eigenvalue weighted by molar-refractivity contribution is -0.116. The highest BCUT2D eigenvalue weighted by molar-refractivity contribution is 5.96. The summed E-state index contributed by atoms with van der Waals surface area (Å²) >= 11 is 0.